The molecule has 0 bridgehead atoms. The summed E-state index contributed by atoms with van der Waals surface area (Å²) in [4.78, 5) is 4.34. The van der Waals surface area contributed by atoms with E-state index in [0.29, 0.717) is 29.9 Å². The van der Waals surface area contributed by atoms with E-state index in [0.717, 1.165) is 0 Å². The summed E-state index contributed by atoms with van der Waals surface area (Å²) in [6.07, 6.45) is -0.508. The molecule has 0 aliphatic rings. The van der Waals surface area contributed by atoms with E-state index in [9.17, 15) is 5.11 Å². The maximum atomic E-state index is 9.70. The standard InChI is InChI=1S/C14H25N3O2/c1-9(2)8-19-13-11(15)6-7-12(16-13)17-14(4,5)10(3)18/h6-7,9-10,18H,8,15H2,1-5H3,(H,16,17). The lowest BCUT2D eigenvalue weighted by Crippen LogP contribution is -2.42. The van der Waals surface area contributed by atoms with E-state index < -0.39 is 11.6 Å². The van der Waals surface area contributed by atoms with Crippen molar-refractivity contribution in [1.82, 2.24) is 4.98 Å². The fraction of sp³-hybridized carbons (Fsp3) is 0.643. The summed E-state index contributed by atoms with van der Waals surface area (Å²) in [5, 5.41) is 12.9. The van der Waals surface area contributed by atoms with Crippen LogP contribution in [0.5, 0.6) is 5.88 Å². The number of pyridine rings is 1. The zero-order valence-electron chi connectivity index (χ0n) is 12.4. The highest BCUT2D eigenvalue weighted by Gasteiger charge is 2.24. The maximum absolute atomic E-state index is 9.70. The average Bonchev–Trinajstić information content (AvgIpc) is 2.29. The van der Waals surface area contributed by atoms with E-state index in [4.69, 9.17) is 10.5 Å². The lowest BCUT2D eigenvalue weighted by Gasteiger charge is -2.30. The van der Waals surface area contributed by atoms with Gasteiger partial charge in [0, 0.05) is 0 Å². The Balaban J connectivity index is 2.84. The van der Waals surface area contributed by atoms with Gasteiger partial charge in [0.15, 0.2) is 0 Å². The van der Waals surface area contributed by atoms with Crippen LogP contribution in [-0.4, -0.2) is 28.3 Å². The van der Waals surface area contributed by atoms with Gasteiger partial charge in [-0.1, -0.05) is 13.8 Å². The van der Waals surface area contributed by atoms with Crippen molar-refractivity contribution in [2.24, 2.45) is 5.92 Å². The van der Waals surface area contributed by atoms with Gasteiger partial charge in [0.05, 0.1) is 23.9 Å². The number of nitrogen functional groups attached to an aromatic ring is 1. The molecule has 108 valence electrons. The highest BCUT2D eigenvalue weighted by atomic mass is 16.5. The van der Waals surface area contributed by atoms with Crippen LogP contribution in [0.3, 0.4) is 0 Å². The zero-order valence-corrected chi connectivity index (χ0v) is 12.4. The van der Waals surface area contributed by atoms with Gasteiger partial charge in [-0.3, -0.25) is 0 Å². The molecule has 0 spiro atoms. The minimum absolute atomic E-state index is 0.409. The molecule has 1 atom stereocenters. The fourth-order valence-electron chi connectivity index (χ4n) is 1.32. The normalized spacial score (nSPS) is 13.4. The van der Waals surface area contributed by atoms with E-state index in [1.54, 1.807) is 19.1 Å². The summed E-state index contributed by atoms with van der Waals surface area (Å²) in [6.45, 7) is 10.2. The van der Waals surface area contributed by atoms with Crippen LogP contribution < -0.4 is 15.8 Å². The molecule has 1 aromatic heterocycles. The molecule has 1 heterocycles. The van der Waals surface area contributed by atoms with Gasteiger partial charge in [-0.15, -0.1) is 0 Å². The van der Waals surface area contributed by atoms with Crippen molar-refractivity contribution in [3.63, 3.8) is 0 Å². The Bertz CT molecular complexity index is 417. The van der Waals surface area contributed by atoms with Crippen molar-refractivity contribution >= 4 is 11.5 Å². The van der Waals surface area contributed by atoms with Crippen molar-refractivity contribution in [3.8, 4) is 5.88 Å². The number of aromatic nitrogens is 1. The number of hydrogen-bond acceptors (Lipinski definition) is 5. The highest BCUT2D eigenvalue weighted by Crippen LogP contribution is 2.24. The number of nitrogens with one attached hydrogen (secondary N) is 1. The molecule has 0 fully saturated rings. The lowest BCUT2D eigenvalue weighted by molar-refractivity contribution is 0.133. The van der Waals surface area contributed by atoms with Crippen LogP contribution in [0.15, 0.2) is 12.1 Å². The first-order valence-corrected chi connectivity index (χ1v) is 6.58. The molecule has 0 aromatic carbocycles. The summed E-state index contributed by atoms with van der Waals surface area (Å²) in [5.74, 6) is 1.48. The fourth-order valence-corrected chi connectivity index (χ4v) is 1.32. The molecule has 1 rings (SSSR count). The Morgan fingerprint density at radius 3 is 2.53 bits per heavy atom. The maximum Gasteiger partial charge on any atom is 0.239 e. The second-order valence-electron chi connectivity index (χ2n) is 5.82. The first-order valence-electron chi connectivity index (χ1n) is 6.58. The third-order valence-corrected chi connectivity index (χ3v) is 2.94. The smallest absolute Gasteiger partial charge is 0.239 e. The van der Waals surface area contributed by atoms with Crippen LogP contribution in [0.4, 0.5) is 11.5 Å². The summed E-state index contributed by atoms with van der Waals surface area (Å²) >= 11 is 0. The number of nitrogens with two attached hydrogens (primary N) is 1. The quantitative estimate of drug-likeness (QED) is 0.736. The van der Waals surface area contributed by atoms with E-state index >= 15 is 0 Å². The topological polar surface area (TPSA) is 80.4 Å². The van der Waals surface area contributed by atoms with Crippen molar-refractivity contribution in [2.45, 2.75) is 46.3 Å². The van der Waals surface area contributed by atoms with Gasteiger partial charge in [-0.05, 0) is 38.8 Å². The van der Waals surface area contributed by atoms with Crippen molar-refractivity contribution in [3.05, 3.63) is 12.1 Å². The number of ether oxygens (including phenoxy) is 1. The number of anilines is 2. The minimum atomic E-state index is -0.508. The molecule has 5 heteroatoms. The van der Waals surface area contributed by atoms with Gasteiger partial charge in [0.25, 0.3) is 0 Å². The molecule has 19 heavy (non-hydrogen) atoms. The molecular weight excluding hydrogens is 242 g/mol. The van der Waals surface area contributed by atoms with Gasteiger partial charge in [0.1, 0.15) is 5.82 Å². The Kier molecular flexibility index (Phi) is 5.00. The zero-order chi connectivity index (χ0) is 14.6. The predicted molar refractivity (Wildman–Crippen MR) is 78.4 cm³/mol. The number of aliphatic hydroxyl groups is 1. The Morgan fingerprint density at radius 2 is 2.00 bits per heavy atom. The first kappa shape index (κ1) is 15.6. The van der Waals surface area contributed by atoms with E-state index in [1.807, 2.05) is 13.8 Å². The van der Waals surface area contributed by atoms with Crippen molar-refractivity contribution in [2.75, 3.05) is 17.7 Å². The number of rotatable bonds is 6. The second kappa shape index (κ2) is 6.10. The molecule has 0 aliphatic carbocycles. The first-order chi connectivity index (χ1) is 8.72. The van der Waals surface area contributed by atoms with Crippen LogP contribution in [0.2, 0.25) is 0 Å². The second-order valence-corrected chi connectivity index (χ2v) is 5.82. The van der Waals surface area contributed by atoms with Crippen molar-refractivity contribution in [1.29, 1.82) is 0 Å². The Hall–Kier alpha value is -1.49. The lowest BCUT2D eigenvalue weighted by atomic mass is 9.99. The summed E-state index contributed by atoms with van der Waals surface area (Å²) < 4.78 is 5.58. The molecular formula is C14H25N3O2. The van der Waals surface area contributed by atoms with Crippen LogP contribution in [-0.2, 0) is 0 Å². The monoisotopic (exact) mass is 267 g/mol. The molecule has 0 radical (unpaired) electrons. The molecule has 4 N–H and O–H groups in total. The predicted octanol–water partition coefficient (Wildman–Crippen LogP) is 2.27. The Labute approximate surface area is 115 Å². The van der Waals surface area contributed by atoms with Gasteiger partial charge in [-0.2, -0.15) is 4.98 Å². The van der Waals surface area contributed by atoms with Crippen LogP contribution in [0.25, 0.3) is 0 Å². The van der Waals surface area contributed by atoms with Gasteiger partial charge in [0.2, 0.25) is 5.88 Å². The van der Waals surface area contributed by atoms with Gasteiger partial charge >= 0.3 is 0 Å². The number of hydrogen-bond donors (Lipinski definition) is 3. The highest BCUT2D eigenvalue weighted by molar-refractivity contribution is 5.54. The molecule has 0 aliphatic heterocycles. The summed E-state index contributed by atoms with van der Waals surface area (Å²) in [7, 11) is 0. The van der Waals surface area contributed by atoms with Gasteiger partial charge < -0.3 is 20.9 Å². The largest absolute Gasteiger partial charge is 0.476 e. The molecule has 0 saturated carbocycles. The number of aliphatic hydroxyl groups excluding tert-OH is 1. The average molecular weight is 267 g/mol. The SMILES string of the molecule is CC(C)COc1nc(NC(C)(C)C(C)O)ccc1N. The molecule has 5 nitrogen and oxygen atoms in total. The molecule has 1 unspecified atom stereocenters. The van der Waals surface area contributed by atoms with Gasteiger partial charge in [-0.25, -0.2) is 0 Å². The van der Waals surface area contributed by atoms with E-state index in [1.165, 1.54) is 0 Å². The summed E-state index contributed by atoms with van der Waals surface area (Å²) in [6, 6.07) is 3.53. The summed E-state index contributed by atoms with van der Waals surface area (Å²) in [5.41, 5.74) is 5.88. The van der Waals surface area contributed by atoms with Crippen LogP contribution in [0.1, 0.15) is 34.6 Å². The van der Waals surface area contributed by atoms with Crippen LogP contribution in [0, 0.1) is 5.92 Å². The van der Waals surface area contributed by atoms with E-state index in [-0.39, 0.29) is 0 Å². The molecule has 0 saturated heterocycles. The van der Waals surface area contributed by atoms with Crippen molar-refractivity contribution < 1.29 is 9.84 Å². The van der Waals surface area contributed by atoms with Crippen LogP contribution >= 0.6 is 0 Å². The number of nitrogens with zero attached hydrogens (tertiary/aromatic N) is 1. The third-order valence-electron chi connectivity index (χ3n) is 2.94. The Morgan fingerprint density at radius 1 is 1.37 bits per heavy atom. The van der Waals surface area contributed by atoms with E-state index in [2.05, 4.69) is 24.1 Å². The minimum Gasteiger partial charge on any atom is -0.476 e. The molecule has 1 aromatic rings. The third kappa shape index (κ3) is 4.59. The molecule has 0 amide bonds.